The average Bonchev–Trinajstić information content (AvgIpc) is 3.54. The number of amides is 1. The molecule has 2 aliphatic heterocycles. The first-order valence-corrected chi connectivity index (χ1v) is 13.0. The first kappa shape index (κ1) is 23.4. The smallest absolute Gasteiger partial charge is 0.262 e. The summed E-state index contributed by atoms with van der Waals surface area (Å²) < 4.78 is 21.0. The molecule has 3 aromatic heterocycles. The molecule has 0 radical (unpaired) electrons. The van der Waals surface area contributed by atoms with Crippen LogP contribution in [0.3, 0.4) is 0 Å². The largest absolute Gasteiger partial charge is 0.479 e. The van der Waals surface area contributed by atoms with Crippen LogP contribution in [0.4, 0.5) is 11.5 Å². The third-order valence-corrected chi connectivity index (χ3v) is 8.31. The summed E-state index contributed by atoms with van der Waals surface area (Å²) in [5.74, 6) is 0.283. The predicted octanol–water partition coefficient (Wildman–Crippen LogP) is 4.00. The van der Waals surface area contributed by atoms with Gasteiger partial charge in [-0.1, -0.05) is 13.0 Å². The van der Waals surface area contributed by atoms with E-state index in [-0.39, 0.29) is 36.2 Å². The molecule has 1 saturated carbocycles. The molecule has 1 saturated heterocycles. The topological polar surface area (TPSA) is 126 Å². The Kier molecular flexibility index (Phi) is 4.99. The molecule has 4 atom stereocenters. The Hall–Kier alpha value is -3.76. The first-order chi connectivity index (χ1) is 18.2. The van der Waals surface area contributed by atoms with Gasteiger partial charge in [-0.3, -0.25) is 9.78 Å². The van der Waals surface area contributed by atoms with E-state index < -0.39 is 5.79 Å². The zero-order valence-corrected chi connectivity index (χ0v) is 21.6. The quantitative estimate of drug-likeness (QED) is 0.419. The number of carbonyl (C=O) groups excluding carboxylic acids is 1. The highest BCUT2D eigenvalue weighted by atomic mass is 16.8. The van der Waals surface area contributed by atoms with Crippen molar-refractivity contribution in [1.29, 1.82) is 0 Å². The number of nitrogens with two attached hydrogens (primary N) is 1. The predicted molar refractivity (Wildman–Crippen MR) is 142 cm³/mol. The second-order valence-corrected chi connectivity index (χ2v) is 11.3. The number of hydrogen-bond acceptors (Lipinski definition) is 8. The summed E-state index contributed by atoms with van der Waals surface area (Å²) in [6.45, 7) is 6.26. The van der Waals surface area contributed by atoms with Gasteiger partial charge in [-0.15, -0.1) is 0 Å². The van der Waals surface area contributed by atoms with Crippen LogP contribution in [0.1, 0.15) is 45.2 Å². The van der Waals surface area contributed by atoms with Crippen LogP contribution in [0.2, 0.25) is 0 Å². The number of hydrogen-bond donors (Lipinski definition) is 2. The van der Waals surface area contributed by atoms with Crippen molar-refractivity contribution in [3.8, 4) is 5.75 Å². The van der Waals surface area contributed by atoms with Crippen LogP contribution in [0.5, 0.6) is 5.75 Å². The Labute approximate surface area is 219 Å². The highest BCUT2D eigenvalue weighted by molar-refractivity contribution is 6.01. The van der Waals surface area contributed by atoms with Gasteiger partial charge in [0.25, 0.3) is 5.91 Å². The van der Waals surface area contributed by atoms with Crippen LogP contribution < -0.4 is 15.8 Å². The number of nitrogen functional groups attached to an aromatic ring is 1. The molecule has 38 heavy (non-hydrogen) atoms. The summed E-state index contributed by atoms with van der Waals surface area (Å²) >= 11 is 0. The number of aryl methyl sites for hydroxylation is 1. The number of pyridine rings is 1. The molecule has 3 aliphatic rings. The molecule has 196 valence electrons. The molecule has 0 spiro atoms. The molecule has 7 rings (SSSR count). The van der Waals surface area contributed by atoms with Gasteiger partial charge in [0.05, 0.1) is 23.2 Å². The third kappa shape index (κ3) is 3.54. The van der Waals surface area contributed by atoms with E-state index >= 15 is 0 Å². The second kappa shape index (κ2) is 8.12. The van der Waals surface area contributed by atoms with Crippen LogP contribution in [0, 0.1) is 5.41 Å². The van der Waals surface area contributed by atoms with E-state index in [9.17, 15) is 4.79 Å². The van der Waals surface area contributed by atoms with Gasteiger partial charge in [0.1, 0.15) is 29.4 Å². The molecule has 0 bridgehead atoms. The van der Waals surface area contributed by atoms with Crippen LogP contribution >= 0.6 is 0 Å². The maximum absolute atomic E-state index is 11.8. The molecule has 1 amide bonds. The Balaban J connectivity index is 1.22. The standard InChI is InChI=1S/C28H30N6O4/c1-27(2)37-23-19(34-11-8-17-25(29)31-14-32-26(17)34)12-28(3,24(23)38-27)9-6-15-7-10-30-21-16(15)4-5-18-22(21)36-13-20(35)33-18/h4-5,7-8,10-11,14,19,23-24H,6,9,12-13H2,1-3H3,(H,33,35)(H2,29,31,32)/t19-,23+,24+,28+/m1/s1. The molecule has 1 aromatic carbocycles. The zero-order chi connectivity index (χ0) is 26.2. The molecular formula is C28H30N6O4. The van der Waals surface area contributed by atoms with Gasteiger partial charge in [0.15, 0.2) is 18.1 Å². The fourth-order valence-electron chi connectivity index (χ4n) is 6.54. The molecule has 2 fully saturated rings. The maximum Gasteiger partial charge on any atom is 0.262 e. The number of carbonyl (C=O) groups is 1. The number of ether oxygens (including phenoxy) is 3. The lowest BCUT2D eigenvalue weighted by molar-refractivity contribution is -0.168. The van der Waals surface area contributed by atoms with Crippen molar-refractivity contribution in [3.05, 3.63) is 48.5 Å². The lowest BCUT2D eigenvalue weighted by atomic mass is 9.80. The minimum Gasteiger partial charge on any atom is -0.479 e. The van der Waals surface area contributed by atoms with Crippen molar-refractivity contribution < 1.29 is 19.0 Å². The Morgan fingerprint density at radius 2 is 1.97 bits per heavy atom. The van der Waals surface area contributed by atoms with Gasteiger partial charge in [-0.2, -0.15) is 0 Å². The molecule has 5 heterocycles. The summed E-state index contributed by atoms with van der Waals surface area (Å²) in [7, 11) is 0. The minimum atomic E-state index is -0.670. The van der Waals surface area contributed by atoms with E-state index in [1.807, 2.05) is 44.4 Å². The SMILES string of the molecule is CC1(C)O[C@H]2[C@H](n3ccc4c(N)ncnc43)C[C@](C)(CCc3ccnc4c5c(ccc34)NC(=O)CO5)[C@H]2O1. The lowest BCUT2D eigenvalue weighted by Crippen LogP contribution is -2.34. The number of nitrogens with one attached hydrogen (secondary N) is 1. The highest BCUT2D eigenvalue weighted by Gasteiger charge is 2.59. The summed E-state index contributed by atoms with van der Waals surface area (Å²) in [5, 5.41) is 4.75. The van der Waals surface area contributed by atoms with Crippen LogP contribution in [-0.2, 0) is 20.7 Å². The minimum absolute atomic E-state index is 0.00167. The number of anilines is 2. The first-order valence-electron chi connectivity index (χ1n) is 13.0. The normalized spacial score (nSPS) is 27.8. The average molecular weight is 515 g/mol. The van der Waals surface area contributed by atoms with E-state index in [0.29, 0.717) is 17.3 Å². The van der Waals surface area contributed by atoms with Crippen molar-refractivity contribution in [1.82, 2.24) is 19.5 Å². The van der Waals surface area contributed by atoms with E-state index in [2.05, 4.69) is 37.8 Å². The summed E-state index contributed by atoms with van der Waals surface area (Å²) in [6.07, 6.45) is 7.79. The van der Waals surface area contributed by atoms with Crippen molar-refractivity contribution in [2.75, 3.05) is 17.7 Å². The van der Waals surface area contributed by atoms with E-state index in [1.165, 1.54) is 11.9 Å². The molecule has 4 aromatic rings. The van der Waals surface area contributed by atoms with Gasteiger partial charge >= 0.3 is 0 Å². The molecular weight excluding hydrogens is 484 g/mol. The van der Waals surface area contributed by atoms with Crippen molar-refractivity contribution in [2.45, 2.75) is 64.1 Å². The van der Waals surface area contributed by atoms with Gasteiger partial charge < -0.3 is 29.8 Å². The van der Waals surface area contributed by atoms with E-state index in [0.717, 1.165) is 41.2 Å². The summed E-state index contributed by atoms with van der Waals surface area (Å²) in [6, 6.07) is 8.01. The summed E-state index contributed by atoms with van der Waals surface area (Å²) in [4.78, 5) is 25.0. The third-order valence-electron chi connectivity index (χ3n) is 8.31. The number of aromatic nitrogens is 4. The zero-order valence-electron chi connectivity index (χ0n) is 21.6. The molecule has 1 aliphatic carbocycles. The number of benzene rings is 1. The van der Waals surface area contributed by atoms with Crippen LogP contribution in [0.15, 0.2) is 43.0 Å². The van der Waals surface area contributed by atoms with Gasteiger partial charge in [-0.05, 0) is 62.3 Å². The van der Waals surface area contributed by atoms with Crippen molar-refractivity contribution >= 4 is 39.3 Å². The lowest BCUT2D eigenvalue weighted by Gasteiger charge is -2.32. The second-order valence-electron chi connectivity index (χ2n) is 11.3. The molecule has 3 N–H and O–H groups in total. The fraction of sp³-hybridized carbons (Fsp3) is 0.429. The monoisotopic (exact) mass is 514 g/mol. The Bertz CT molecular complexity index is 1600. The molecule has 10 nitrogen and oxygen atoms in total. The number of rotatable bonds is 4. The number of fused-ring (bicyclic) bond motifs is 5. The summed E-state index contributed by atoms with van der Waals surface area (Å²) in [5.41, 5.74) is 9.41. The fourth-order valence-corrected chi connectivity index (χ4v) is 6.54. The van der Waals surface area contributed by atoms with Gasteiger partial charge in [0, 0.05) is 17.8 Å². The van der Waals surface area contributed by atoms with Gasteiger partial charge in [-0.25, -0.2) is 9.97 Å². The molecule has 0 unspecified atom stereocenters. The Morgan fingerprint density at radius 1 is 1.11 bits per heavy atom. The van der Waals surface area contributed by atoms with Crippen LogP contribution in [0.25, 0.3) is 21.9 Å². The van der Waals surface area contributed by atoms with E-state index in [1.54, 1.807) is 0 Å². The van der Waals surface area contributed by atoms with Gasteiger partial charge in [0.2, 0.25) is 0 Å². The van der Waals surface area contributed by atoms with E-state index in [4.69, 9.17) is 19.9 Å². The Morgan fingerprint density at radius 3 is 2.84 bits per heavy atom. The maximum atomic E-state index is 11.8. The highest BCUT2D eigenvalue weighted by Crippen LogP contribution is 2.55. The van der Waals surface area contributed by atoms with Crippen LogP contribution in [-0.4, -0.2) is 50.0 Å². The van der Waals surface area contributed by atoms with Crippen molar-refractivity contribution in [3.63, 3.8) is 0 Å². The number of nitrogens with zero attached hydrogens (tertiary/aromatic N) is 4. The van der Waals surface area contributed by atoms with Crippen molar-refractivity contribution in [2.24, 2.45) is 5.41 Å². The molecule has 10 heteroatoms.